The van der Waals surface area contributed by atoms with Crippen molar-refractivity contribution >= 4 is 23.2 Å². The largest absolute Gasteiger partial charge is 0.485 e. The van der Waals surface area contributed by atoms with Crippen molar-refractivity contribution in [1.82, 2.24) is 0 Å². The summed E-state index contributed by atoms with van der Waals surface area (Å²) in [5.41, 5.74) is 3.39. The maximum atomic E-state index is 12.4. The van der Waals surface area contributed by atoms with Crippen LogP contribution in [0.1, 0.15) is 30.9 Å². The topological polar surface area (TPSA) is 29.5 Å². The predicted octanol–water partition coefficient (Wildman–Crippen LogP) is 5.15. The second-order valence-electron chi connectivity index (χ2n) is 6.56. The van der Waals surface area contributed by atoms with Gasteiger partial charge in [0.1, 0.15) is 5.75 Å². The van der Waals surface area contributed by atoms with E-state index in [1.54, 1.807) is 17.8 Å². The number of hydrogen-bond donors (Lipinski definition) is 0. The van der Waals surface area contributed by atoms with Crippen LogP contribution in [0, 0.1) is 6.92 Å². The molecule has 1 heterocycles. The molecule has 3 nitrogen and oxygen atoms in total. The van der Waals surface area contributed by atoms with Crippen molar-refractivity contribution in [2.24, 2.45) is 0 Å². The lowest BCUT2D eigenvalue weighted by Gasteiger charge is -2.15. The smallest absolute Gasteiger partial charge is 0.195 e. The molecule has 0 radical (unpaired) electrons. The molecule has 0 aliphatic carbocycles. The first kappa shape index (κ1) is 17.6. The van der Waals surface area contributed by atoms with Gasteiger partial charge in [-0.1, -0.05) is 49.9 Å². The van der Waals surface area contributed by atoms with E-state index in [0.717, 1.165) is 27.6 Å². The SMILES string of the molecule is Cc1ccc(C(C)C)c(OCC(=O)C=C2Sc3ccccc3N2C)c1. The summed E-state index contributed by atoms with van der Waals surface area (Å²) in [6, 6.07) is 14.3. The molecule has 0 N–H and O–H groups in total. The fourth-order valence-corrected chi connectivity index (χ4v) is 3.93. The Hall–Kier alpha value is -2.20. The minimum Gasteiger partial charge on any atom is -0.485 e. The van der Waals surface area contributed by atoms with Crippen molar-refractivity contribution in [2.75, 3.05) is 18.6 Å². The van der Waals surface area contributed by atoms with Gasteiger partial charge in [0.15, 0.2) is 12.4 Å². The van der Waals surface area contributed by atoms with E-state index < -0.39 is 0 Å². The van der Waals surface area contributed by atoms with E-state index >= 15 is 0 Å². The van der Waals surface area contributed by atoms with Gasteiger partial charge in [-0.3, -0.25) is 4.79 Å². The molecule has 0 saturated heterocycles. The van der Waals surface area contributed by atoms with Gasteiger partial charge in [-0.2, -0.15) is 0 Å². The standard InChI is InChI=1S/C21H23NO2S/c1-14(2)17-10-9-15(3)11-19(17)24-13-16(23)12-21-22(4)18-7-5-6-8-20(18)25-21/h5-12,14H,13H2,1-4H3. The van der Waals surface area contributed by atoms with Crippen molar-refractivity contribution in [3.63, 3.8) is 0 Å². The van der Waals surface area contributed by atoms with Crippen LogP contribution in [0.25, 0.3) is 0 Å². The predicted molar refractivity (Wildman–Crippen MR) is 105 cm³/mol. The van der Waals surface area contributed by atoms with Crippen LogP contribution in [0.15, 0.2) is 58.5 Å². The first-order valence-electron chi connectivity index (χ1n) is 8.44. The Morgan fingerprint density at radius 2 is 2.00 bits per heavy atom. The lowest BCUT2D eigenvalue weighted by atomic mass is 10.0. The van der Waals surface area contributed by atoms with Gasteiger partial charge in [-0.15, -0.1) is 0 Å². The third kappa shape index (κ3) is 3.90. The number of carbonyl (C=O) groups is 1. The van der Waals surface area contributed by atoms with Gasteiger partial charge in [-0.25, -0.2) is 0 Å². The van der Waals surface area contributed by atoms with E-state index in [4.69, 9.17) is 4.74 Å². The number of aryl methyl sites for hydroxylation is 1. The first-order valence-corrected chi connectivity index (χ1v) is 9.26. The van der Waals surface area contributed by atoms with Crippen molar-refractivity contribution in [2.45, 2.75) is 31.6 Å². The number of hydrogen-bond acceptors (Lipinski definition) is 4. The Balaban J connectivity index is 1.70. The van der Waals surface area contributed by atoms with E-state index in [0.29, 0.717) is 5.92 Å². The van der Waals surface area contributed by atoms with Gasteiger partial charge in [0, 0.05) is 18.0 Å². The van der Waals surface area contributed by atoms with Crippen LogP contribution in [-0.2, 0) is 4.79 Å². The van der Waals surface area contributed by atoms with Gasteiger partial charge < -0.3 is 9.64 Å². The molecule has 0 unspecified atom stereocenters. The van der Waals surface area contributed by atoms with E-state index in [-0.39, 0.29) is 12.4 Å². The number of nitrogens with zero attached hydrogens (tertiary/aromatic N) is 1. The molecular weight excluding hydrogens is 330 g/mol. The van der Waals surface area contributed by atoms with Crippen LogP contribution in [0.5, 0.6) is 5.75 Å². The molecule has 1 aliphatic heterocycles. The van der Waals surface area contributed by atoms with Gasteiger partial charge in [0.25, 0.3) is 0 Å². The summed E-state index contributed by atoms with van der Waals surface area (Å²) < 4.78 is 5.84. The minimum absolute atomic E-state index is 0.0293. The molecule has 2 aromatic carbocycles. The molecule has 0 fully saturated rings. The highest BCUT2D eigenvalue weighted by Crippen LogP contribution is 2.44. The van der Waals surface area contributed by atoms with Gasteiger partial charge in [0.2, 0.25) is 0 Å². The van der Waals surface area contributed by atoms with E-state index in [1.165, 1.54) is 4.90 Å². The van der Waals surface area contributed by atoms with Gasteiger partial charge >= 0.3 is 0 Å². The van der Waals surface area contributed by atoms with E-state index in [9.17, 15) is 4.79 Å². The third-order valence-electron chi connectivity index (χ3n) is 4.22. The van der Waals surface area contributed by atoms with Crippen molar-refractivity contribution < 1.29 is 9.53 Å². The van der Waals surface area contributed by atoms with Crippen LogP contribution in [-0.4, -0.2) is 19.4 Å². The van der Waals surface area contributed by atoms with Crippen LogP contribution < -0.4 is 9.64 Å². The lowest BCUT2D eigenvalue weighted by Crippen LogP contribution is -2.15. The van der Waals surface area contributed by atoms with E-state index in [2.05, 4.69) is 38.1 Å². The number of ether oxygens (including phenoxy) is 1. The van der Waals surface area contributed by atoms with Crippen LogP contribution in [0.3, 0.4) is 0 Å². The molecule has 130 valence electrons. The summed E-state index contributed by atoms with van der Waals surface area (Å²) in [5.74, 6) is 1.13. The Labute approximate surface area is 153 Å². The van der Waals surface area contributed by atoms with Gasteiger partial charge in [-0.05, 0) is 42.2 Å². The number of benzene rings is 2. The number of para-hydroxylation sites is 1. The molecule has 0 atom stereocenters. The Morgan fingerprint density at radius 3 is 2.72 bits per heavy atom. The summed E-state index contributed by atoms with van der Waals surface area (Å²) >= 11 is 1.62. The number of anilines is 1. The fourth-order valence-electron chi connectivity index (χ4n) is 2.82. The molecule has 3 rings (SSSR count). The number of ketones is 1. The Morgan fingerprint density at radius 1 is 1.24 bits per heavy atom. The average molecular weight is 353 g/mol. The lowest BCUT2D eigenvalue weighted by molar-refractivity contribution is -0.116. The molecule has 4 heteroatoms. The highest BCUT2D eigenvalue weighted by molar-refractivity contribution is 8.03. The monoisotopic (exact) mass is 353 g/mol. The highest BCUT2D eigenvalue weighted by atomic mass is 32.2. The number of carbonyl (C=O) groups excluding carboxylic acids is 1. The summed E-state index contributed by atoms with van der Waals surface area (Å²) in [6.45, 7) is 6.34. The zero-order valence-corrected chi connectivity index (χ0v) is 15.9. The first-order chi connectivity index (χ1) is 12.0. The number of thioether (sulfide) groups is 1. The summed E-state index contributed by atoms with van der Waals surface area (Å²) in [7, 11) is 1.98. The second kappa shape index (κ2) is 7.36. The highest BCUT2D eigenvalue weighted by Gasteiger charge is 2.22. The average Bonchev–Trinajstić information content (AvgIpc) is 2.89. The maximum absolute atomic E-state index is 12.4. The van der Waals surface area contributed by atoms with Crippen LogP contribution in [0.4, 0.5) is 5.69 Å². The maximum Gasteiger partial charge on any atom is 0.195 e. The summed E-state index contributed by atoms with van der Waals surface area (Å²) in [5, 5.41) is 0.933. The Kier molecular flexibility index (Phi) is 5.19. The molecule has 0 spiro atoms. The zero-order valence-electron chi connectivity index (χ0n) is 15.1. The van der Waals surface area contributed by atoms with Gasteiger partial charge in [0.05, 0.1) is 10.7 Å². The third-order valence-corrected chi connectivity index (χ3v) is 5.38. The molecule has 0 amide bonds. The normalized spacial score (nSPS) is 14.9. The molecule has 0 saturated carbocycles. The quantitative estimate of drug-likeness (QED) is 0.695. The summed E-state index contributed by atoms with van der Waals surface area (Å²) in [4.78, 5) is 15.6. The fraction of sp³-hybridized carbons (Fsp3) is 0.286. The molecule has 2 aromatic rings. The second-order valence-corrected chi connectivity index (χ2v) is 7.62. The van der Waals surface area contributed by atoms with Crippen molar-refractivity contribution in [1.29, 1.82) is 0 Å². The molecule has 25 heavy (non-hydrogen) atoms. The number of fused-ring (bicyclic) bond motifs is 1. The molecular formula is C21H23NO2S. The number of rotatable bonds is 5. The molecule has 0 aromatic heterocycles. The minimum atomic E-state index is -0.0293. The van der Waals surface area contributed by atoms with Crippen molar-refractivity contribution in [3.8, 4) is 5.75 Å². The van der Waals surface area contributed by atoms with E-state index in [1.807, 2.05) is 37.1 Å². The van der Waals surface area contributed by atoms with Crippen LogP contribution >= 0.6 is 11.8 Å². The molecule has 1 aliphatic rings. The Bertz CT molecular complexity index is 826. The van der Waals surface area contributed by atoms with Crippen LogP contribution in [0.2, 0.25) is 0 Å². The zero-order chi connectivity index (χ0) is 18.0. The van der Waals surface area contributed by atoms with Crippen molar-refractivity contribution in [3.05, 3.63) is 64.7 Å². The summed E-state index contributed by atoms with van der Waals surface area (Å²) in [6.07, 6.45) is 1.68. The molecule has 0 bridgehead atoms.